The second kappa shape index (κ2) is 9.67. The molecule has 0 N–H and O–H groups in total. The van der Waals surface area contributed by atoms with Gasteiger partial charge in [-0.05, 0) is 53.6 Å². The molecule has 0 aliphatic heterocycles. The van der Waals surface area contributed by atoms with Crippen LogP contribution in [0.2, 0.25) is 0 Å². The summed E-state index contributed by atoms with van der Waals surface area (Å²) in [5.41, 5.74) is 3.49. The van der Waals surface area contributed by atoms with Crippen molar-refractivity contribution in [2.75, 3.05) is 0 Å². The van der Waals surface area contributed by atoms with Crippen molar-refractivity contribution in [2.24, 2.45) is 0 Å². The lowest BCUT2D eigenvalue weighted by Crippen LogP contribution is -2.09. The van der Waals surface area contributed by atoms with E-state index in [-0.39, 0.29) is 11.3 Å². The largest absolute Gasteiger partial charge is 0.422 e. The molecule has 0 saturated heterocycles. The number of para-hydroxylation sites is 1. The van der Waals surface area contributed by atoms with Crippen molar-refractivity contribution in [3.8, 4) is 16.9 Å². The lowest BCUT2D eigenvalue weighted by atomic mass is 10.0. The van der Waals surface area contributed by atoms with Gasteiger partial charge in [0.05, 0.1) is 5.56 Å². The van der Waals surface area contributed by atoms with Gasteiger partial charge in [0.15, 0.2) is 5.78 Å². The smallest absolute Gasteiger partial charge is 0.343 e. The normalized spacial score (nSPS) is 10.8. The number of rotatable bonds is 6. The summed E-state index contributed by atoms with van der Waals surface area (Å²) < 4.78 is 18.5. The van der Waals surface area contributed by atoms with E-state index >= 15 is 0 Å². The van der Waals surface area contributed by atoms with Crippen LogP contribution in [0.3, 0.4) is 0 Å². The van der Waals surface area contributed by atoms with Gasteiger partial charge >= 0.3 is 5.97 Å². The Labute approximate surface area is 185 Å². The summed E-state index contributed by atoms with van der Waals surface area (Å²) in [6, 6.07) is 29.3. The number of hydrogen-bond donors (Lipinski definition) is 0. The summed E-state index contributed by atoms with van der Waals surface area (Å²) in [5.74, 6) is -0.886. The van der Waals surface area contributed by atoms with Gasteiger partial charge in [-0.3, -0.25) is 4.79 Å². The third-order valence-corrected chi connectivity index (χ3v) is 4.89. The van der Waals surface area contributed by atoms with Crippen LogP contribution < -0.4 is 4.74 Å². The number of halogens is 1. The van der Waals surface area contributed by atoms with Crippen LogP contribution in [0.5, 0.6) is 5.75 Å². The van der Waals surface area contributed by atoms with Crippen molar-refractivity contribution in [1.29, 1.82) is 0 Å². The summed E-state index contributed by atoms with van der Waals surface area (Å²) in [6.07, 6.45) is 3.06. The molecule has 0 aliphatic rings. The number of allylic oxidation sites excluding steroid dienone is 1. The maximum atomic E-state index is 13.1. The highest BCUT2D eigenvalue weighted by atomic mass is 19.1. The molecule has 0 heterocycles. The van der Waals surface area contributed by atoms with Crippen molar-refractivity contribution in [1.82, 2.24) is 0 Å². The molecule has 0 spiro atoms. The number of carbonyl (C=O) groups excluding carboxylic acids is 2. The number of ether oxygens (including phenoxy) is 1. The molecule has 0 aromatic heterocycles. The van der Waals surface area contributed by atoms with E-state index in [0.29, 0.717) is 16.9 Å². The molecule has 0 fully saturated rings. The zero-order valence-electron chi connectivity index (χ0n) is 17.1. The Hall–Kier alpha value is -4.31. The van der Waals surface area contributed by atoms with Crippen LogP contribution in [-0.4, -0.2) is 11.8 Å². The standard InChI is InChI=1S/C28H19FO3/c29-25-17-14-24(15-18-25)28(31)32-27-9-5-4-8-23(27)16-19-26(30)22-12-10-21(11-13-22)20-6-2-1-3-7-20/h1-19H. The van der Waals surface area contributed by atoms with E-state index in [1.54, 1.807) is 42.5 Å². The average Bonchev–Trinajstić information content (AvgIpc) is 2.84. The first-order valence-electron chi connectivity index (χ1n) is 10.0. The molecule has 4 heteroatoms. The number of benzene rings is 4. The van der Waals surface area contributed by atoms with E-state index in [2.05, 4.69) is 0 Å². The minimum Gasteiger partial charge on any atom is -0.422 e. The van der Waals surface area contributed by atoms with Crippen LogP contribution in [0.1, 0.15) is 26.3 Å². The molecule has 3 nitrogen and oxygen atoms in total. The highest BCUT2D eigenvalue weighted by Crippen LogP contribution is 2.22. The maximum absolute atomic E-state index is 13.1. The van der Waals surface area contributed by atoms with E-state index in [9.17, 15) is 14.0 Å². The van der Waals surface area contributed by atoms with Gasteiger partial charge in [0, 0.05) is 11.1 Å². The Morgan fingerprint density at radius 2 is 1.25 bits per heavy atom. The number of hydrogen-bond acceptors (Lipinski definition) is 3. The molecule has 0 unspecified atom stereocenters. The van der Waals surface area contributed by atoms with Crippen molar-refractivity contribution in [2.45, 2.75) is 0 Å². The Kier molecular flexibility index (Phi) is 6.33. The molecule has 0 atom stereocenters. The van der Waals surface area contributed by atoms with Crippen molar-refractivity contribution in [3.05, 3.63) is 132 Å². The zero-order chi connectivity index (χ0) is 22.3. The molecule has 0 saturated carbocycles. The molecule has 4 aromatic carbocycles. The lowest BCUT2D eigenvalue weighted by Gasteiger charge is -2.07. The Morgan fingerprint density at radius 1 is 0.656 bits per heavy atom. The second-order valence-electron chi connectivity index (χ2n) is 7.08. The van der Waals surface area contributed by atoms with Gasteiger partial charge in [-0.15, -0.1) is 0 Å². The molecule has 4 rings (SSSR count). The molecule has 0 amide bonds. The highest BCUT2D eigenvalue weighted by molar-refractivity contribution is 6.07. The van der Waals surface area contributed by atoms with Gasteiger partial charge in [-0.1, -0.05) is 72.8 Å². The van der Waals surface area contributed by atoms with Crippen molar-refractivity contribution >= 4 is 17.8 Å². The quantitative estimate of drug-likeness (QED) is 0.152. The van der Waals surface area contributed by atoms with E-state index in [1.807, 2.05) is 42.5 Å². The fourth-order valence-electron chi connectivity index (χ4n) is 3.18. The fourth-order valence-corrected chi connectivity index (χ4v) is 3.18. The summed E-state index contributed by atoms with van der Waals surface area (Å²) in [7, 11) is 0. The summed E-state index contributed by atoms with van der Waals surface area (Å²) in [4.78, 5) is 25.0. The number of carbonyl (C=O) groups is 2. The summed E-state index contributed by atoms with van der Waals surface area (Å²) in [6.45, 7) is 0. The van der Waals surface area contributed by atoms with Crippen LogP contribution in [0.15, 0.2) is 109 Å². The minimum absolute atomic E-state index is 0.163. The zero-order valence-corrected chi connectivity index (χ0v) is 17.1. The molecule has 0 radical (unpaired) electrons. The molecular weight excluding hydrogens is 403 g/mol. The van der Waals surface area contributed by atoms with Crippen LogP contribution in [-0.2, 0) is 0 Å². The molecule has 32 heavy (non-hydrogen) atoms. The number of esters is 1. The molecule has 0 bridgehead atoms. The van der Waals surface area contributed by atoms with E-state index in [4.69, 9.17) is 4.74 Å². The summed E-state index contributed by atoms with van der Waals surface area (Å²) in [5, 5.41) is 0. The molecular formula is C28H19FO3. The third-order valence-electron chi connectivity index (χ3n) is 4.89. The predicted octanol–water partition coefficient (Wildman–Crippen LogP) is 6.61. The van der Waals surface area contributed by atoms with Gasteiger partial charge in [-0.25, -0.2) is 9.18 Å². The molecule has 0 aliphatic carbocycles. The topological polar surface area (TPSA) is 43.4 Å². The first-order valence-corrected chi connectivity index (χ1v) is 10.0. The number of ketones is 1. The minimum atomic E-state index is -0.603. The van der Waals surface area contributed by atoms with E-state index < -0.39 is 11.8 Å². The Bertz CT molecular complexity index is 1260. The van der Waals surface area contributed by atoms with Gasteiger partial charge in [0.1, 0.15) is 11.6 Å². The first kappa shape index (κ1) is 20.9. The van der Waals surface area contributed by atoms with Gasteiger partial charge in [-0.2, -0.15) is 0 Å². The predicted molar refractivity (Wildman–Crippen MR) is 123 cm³/mol. The molecule has 4 aromatic rings. The monoisotopic (exact) mass is 422 g/mol. The van der Waals surface area contributed by atoms with Crippen molar-refractivity contribution < 1.29 is 18.7 Å². The van der Waals surface area contributed by atoms with E-state index in [1.165, 1.54) is 30.3 Å². The summed E-state index contributed by atoms with van der Waals surface area (Å²) >= 11 is 0. The van der Waals surface area contributed by atoms with Crippen LogP contribution in [0, 0.1) is 5.82 Å². The maximum Gasteiger partial charge on any atom is 0.343 e. The Balaban J connectivity index is 1.48. The third kappa shape index (κ3) is 5.05. The first-order chi connectivity index (χ1) is 15.6. The highest BCUT2D eigenvalue weighted by Gasteiger charge is 2.11. The van der Waals surface area contributed by atoms with Gasteiger partial charge < -0.3 is 4.74 Å². The molecule has 156 valence electrons. The van der Waals surface area contributed by atoms with E-state index in [0.717, 1.165) is 11.1 Å². The SMILES string of the molecule is O=C(C=Cc1ccccc1OC(=O)c1ccc(F)cc1)c1ccc(-c2ccccc2)cc1. The van der Waals surface area contributed by atoms with Crippen LogP contribution >= 0.6 is 0 Å². The fraction of sp³-hybridized carbons (Fsp3) is 0. The lowest BCUT2D eigenvalue weighted by molar-refractivity contribution is 0.0734. The van der Waals surface area contributed by atoms with Crippen molar-refractivity contribution in [3.63, 3.8) is 0 Å². The Morgan fingerprint density at radius 3 is 1.97 bits per heavy atom. The van der Waals surface area contributed by atoms with Gasteiger partial charge in [0.25, 0.3) is 0 Å². The average molecular weight is 422 g/mol. The van der Waals surface area contributed by atoms with Gasteiger partial charge in [0.2, 0.25) is 0 Å². The van der Waals surface area contributed by atoms with Crippen LogP contribution in [0.4, 0.5) is 4.39 Å². The second-order valence-corrected chi connectivity index (χ2v) is 7.08. The van der Waals surface area contributed by atoms with Crippen LogP contribution in [0.25, 0.3) is 17.2 Å².